The van der Waals surface area contributed by atoms with E-state index in [4.69, 9.17) is 0 Å². The van der Waals surface area contributed by atoms with Crippen LogP contribution in [0.3, 0.4) is 0 Å². The molecule has 0 amide bonds. The van der Waals surface area contributed by atoms with E-state index < -0.39 is 0 Å². The highest BCUT2D eigenvalue weighted by Crippen LogP contribution is 2.29. The Morgan fingerprint density at radius 1 is 1.35 bits per heavy atom. The molecule has 2 rings (SSSR count). The molecule has 0 aliphatic heterocycles. The molecule has 1 N–H and O–H groups in total. The van der Waals surface area contributed by atoms with Gasteiger partial charge in [0.15, 0.2) is 0 Å². The molecule has 1 unspecified atom stereocenters. The van der Waals surface area contributed by atoms with Gasteiger partial charge in [-0.25, -0.2) is 0 Å². The van der Waals surface area contributed by atoms with Crippen LogP contribution in [-0.2, 0) is 5.75 Å². The van der Waals surface area contributed by atoms with Crippen LogP contribution in [0.1, 0.15) is 36.8 Å². The van der Waals surface area contributed by atoms with Crippen LogP contribution in [0.2, 0.25) is 0 Å². The molecule has 0 bridgehead atoms. The zero-order chi connectivity index (χ0) is 14.4. The third-order valence-electron chi connectivity index (χ3n) is 3.06. The average molecular weight is 370 g/mol. The standard InChI is InChI=1S/C16H20BrNS2/c1-3-7-18-12(2)13-5-4-6-15(8-13)20-11-16-9-14(17)10-19-16/h4-6,8-10,12,18H,3,7,11H2,1-2H3. The van der Waals surface area contributed by atoms with E-state index >= 15 is 0 Å². The second-order valence-electron chi connectivity index (χ2n) is 4.77. The highest BCUT2D eigenvalue weighted by molar-refractivity contribution is 9.10. The lowest BCUT2D eigenvalue weighted by Gasteiger charge is -2.14. The Hall–Kier alpha value is -0.290. The Labute approximate surface area is 138 Å². The highest BCUT2D eigenvalue weighted by Gasteiger charge is 2.05. The van der Waals surface area contributed by atoms with Gasteiger partial charge in [0.25, 0.3) is 0 Å². The van der Waals surface area contributed by atoms with Crippen LogP contribution in [0, 0.1) is 0 Å². The Balaban J connectivity index is 1.95. The summed E-state index contributed by atoms with van der Waals surface area (Å²) in [5, 5.41) is 5.68. The minimum absolute atomic E-state index is 0.423. The van der Waals surface area contributed by atoms with E-state index in [0.29, 0.717) is 6.04 Å². The predicted molar refractivity (Wildman–Crippen MR) is 94.7 cm³/mol. The first-order valence-electron chi connectivity index (χ1n) is 6.88. The Bertz CT molecular complexity index is 539. The molecule has 1 atom stereocenters. The average Bonchev–Trinajstić information content (AvgIpc) is 2.88. The first-order valence-corrected chi connectivity index (χ1v) is 9.54. The van der Waals surface area contributed by atoms with Crippen molar-refractivity contribution < 1.29 is 0 Å². The molecule has 1 aromatic carbocycles. The monoisotopic (exact) mass is 369 g/mol. The quantitative estimate of drug-likeness (QED) is 0.613. The SMILES string of the molecule is CCCNC(C)c1cccc(SCc2cc(Br)cs2)c1. The fourth-order valence-electron chi connectivity index (χ4n) is 1.94. The lowest BCUT2D eigenvalue weighted by Crippen LogP contribution is -2.19. The number of hydrogen-bond acceptors (Lipinski definition) is 3. The molecular weight excluding hydrogens is 350 g/mol. The summed E-state index contributed by atoms with van der Waals surface area (Å²) in [4.78, 5) is 2.75. The van der Waals surface area contributed by atoms with Crippen molar-refractivity contribution in [3.8, 4) is 0 Å². The minimum Gasteiger partial charge on any atom is -0.310 e. The molecule has 4 heteroatoms. The van der Waals surface area contributed by atoms with Gasteiger partial charge < -0.3 is 5.32 Å². The van der Waals surface area contributed by atoms with Gasteiger partial charge in [0.05, 0.1) is 0 Å². The fraction of sp³-hybridized carbons (Fsp3) is 0.375. The van der Waals surface area contributed by atoms with Crippen LogP contribution in [0.25, 0.3) is 0 Å². The number of benzene rings is 1. The van der Waals surface area contributed by atoms with Gasteiger partial charge in [-0.05, 0) is 59.6 Å². The van der Waals surface area contributed by atoms with Crippen molar-refractivity contribution in [1.29, 1.82) is 0 Å². The number of nitrogens with one attached hydrogen (secondary N) is 1. The summed E-state index contributed by atoms with van der Waals surface area (Å²) in [5.74, 6) is 1.04. The maximum atomic E-state index is 3.54. The van der Waals surface area contributed by atoms with Gasteiger partial charge in [-0.2, -0.15) is 0 Å². The van der Waals surface area contributed by atoms with Gasteiger partial charge in [0.2, 0.25) is 0 Å². The first kappa shape index (κ1) is 16.1. The smallest absolute Gasteiger partial charge is 0.0326 e. The second kappa shape index (κ2) is 8.23. The van der Waals surface area contributed by atoms with Crippen molar-refractivity contribution in [3.05, 3.63) is 50.6 Å². The molecule has 1 aromatic heterocycles. The third kappa shape index (κ3) is 4.92. The molecule has 0 aliphatic carbocycles. The summed E-state index contributed by atoms with van der Waals surface area (Å²) in [5.41, 5.74) is 1.37. The molecule has 0 aliphatic rings. The van der Waals surface area contributed by atoms with Gasteiger partial charge in [0.1, 0.15) is 0 Å². The van der Waals surface area contributed by atoms with E-state index in [1.165, 1.54) is 26.2 Å². The summed E-state index contributed by atoms with van der Waals surface area (Å²) in [6.45, 7) is 5.50. The number of thioether (sulfide) groups is 1. The van der Waals surface area contributed by atoms with Crippen LogP contribution in [0.5, 0.6) is 0 Å². The van der Waals surface area contributed by atoms with Gasteiger partial charge in [-0.15, -0.1) is 23.1 Å². The topological polar surface area (TPSA) is 12.0 Å². The van der Waals surface area contributed by atoms with Crippen LogP contribution in [0.15, 0.2) is 45.1 Å². The highest BCUT2D eigenvalue weighted by atomic mass is 79.9. The molecule has 0 saturated carbocycles. The van der Waals surface area contributed by atoms with Crippen LogP contribution >= 0.6 is 39.0 Å². The maximum Gasteiger partial charge on any atom is 0.0326 e. The van der Waals surface area contributed by atoms with E-state index in [2.05, 4.69) is 70.8 Å². The lowest BCUT2D eigenvalue weighted by atomic mass is 10.1. The number of halogens is 1. The van der Waals surface area contributed by atoms with E-state index in [9.17, 15) is 0 Å². The summed E-state index contributed by atoms with van der Waals surface area (Å²) in [7, 11) is 0. The Morgan fingerprint density at radius 2 is 2.20 bits per heavy atom. The minimum atomic E-state index is 0.423. The van der Waals surface area contributed by atoms with Crippen LogP contribution in [0.4, 0.5) is 0 Å². The molecule has 1 nitrogen and oxygen atoms in total. The second-order valence-corrected chi connectivity index (χ2v) is 7.73. The van der Waals surface area contributed by atoms with Crippen molar-refractivity contribution in [1.82, 2.24) is 5.32 Å². The zero-order valence-electron chi connectivity index (χ0n) is 11.9. The maximum absolute atomic E-state index is 3.54. The van der Waals surface area contributed by atoms with Crippen molar-refractivity contribution in [3.63, 3.8) is 0 Å². The fourth-order valence-corrected chi connectivity index (χ4v) is 4.41. The Kier molecular flexibility index (Phi) is 6.62. The van der Waals surface area contributed by atoms with Gasteiger partial charge in [0, 0.05) is 31.4 Å². The van der Waals surface area contributed by atoms with Gasteiger partial charge in [-0.1, -0.05) is 19.1 Å². The molecule has 2 aromatic rings. The zero-order valence-corrected chi connectivity index (χ0v) is 15.1. The molecule has 1 heterocycles. The molecule has 108 valence electrons. The number of hydrogen-bond donors (Lipinski definition) is 1. The van der Waals surface area contributed by atoms with E-state index in [1.54, 1.807) is 0 Å². The van der Waals surface area contributed by atoms with Gasteiger partial charge in [-0.3, -0.25) is 0 Å². The summed E-state index contributed by atoms with van der Waals surface area (Å²) in [6.07, 6.45) is 1.17. The molecular formula is C16H20BrNS2. The number of thiophene rings is 1. The predicted octanol–water partition coefficient (Wildman–Crippen LogP) is 5.86. The molecule has 0 spiro atoms. The Morgan fingerprint density at radius 3 is 2.90 bits per heavy atom. The molecule has 20 heavy (non-hydrogen) atoms. The molecule has 0 fully saturated rings. The third-order valence-corrected chi connectivity index (χ3v) is 5.98. The summed E-state index contributed by atoms with van der Waals surface area (Å²) < 4.78 is 1.18. The van der Waals surface area contributed by atoms with Crippen LogP contribution in [-0.4, -0.2) is 6.54 Å². The van der Waals surface area contributed by atoms with E-state index in [0.717, 1.165) is 12.3 Å². The van der Waals surface area contributed by atoms with Crippen molar-refractivity contribution in [2.24, 2.45) is 0 Å². The largest absolute Gasteiger partial charge is 0.310 e. The molecule has 0 saturated heterocycles. The van der Waals surface area contributed by atoms with E-state index in [-0.39, 0.29) is 0 Å². The lowest BCUT2D eigenvalue weighted by molar-refractivity contribution is 0.570. The van der Waals surface area contributed by atoms with Crippen molar-refractivity contribution in [2.75, 3.05) is 6.54 Å². The van der Waals surface area contributed by atoms with Gasteiger partial charge >= 0.3 is 0 Å². The normalized spacial score (nSPS) is 12.6. The van der Waals surface area contributed by atoms with Crippen molar-refractivity contribution >= 4 is 39.0 Å². The summed E-state index contributed by atoms with van der Waals surface area (Å²) in [6, 6.07) is 11.5. The van der Waals surface area contributed by atoms with Crippen LogP contribution < -0.4 is 5.32 Å². The number of rotatable bonds is 7. The first-order chi connectivity index (χ1) is 9.69. The summed E-state index contributed by atoms with van der Waals surface area (Å²) >= 11 is 7.22. The van der Waals surface area contributed by atoms with E-state index in [1.807, 2.05) is 23.1 Å². The molecule has 0 radical (unpaired) electrons. The van der Waals surface area contributed by atoms with Crippen molar-refractivity contribution in [2.45, 2.75) is 37.0 Å².